The van der Waals surface area contributed by atoms with E-state index in [2.05, 4.69) is 25.8 Å². The Kier molecular flexibility index (Phi) is 9.12. The number of benzene rings is 1. The molecule has 0 spiro atoms. The van der Waals surface area contributed by atoms with Crippen molar-refractivity contribution < 1.29 is 23.9 Å². The number of hydrogen-bond acceptors (Lipinski definition) is 7. The Morgan fingerprint density at radius 2 is 1.81 bits per heavy atom. The second-order valence-electron chi connectivity index (χ2n) is 7.75. The number of carbonyl (C=O) groups is 3. The standard InChI is InChI=1S/C22H33N5O5/c1-2-32-20(28)16-24-22(30)25-17-5-6-19(27-8-3-4-9-27)18(15-17)21(29)23-7-10-26-11-13-31-14-12-26/h5-6,15H,2-4,7-14,16H2,1H3,(H,23,29)(H2,24,25,30). The lowest BCUT2D eigenvalue weighted by molar-refractivity contribution is -0.141. The minimum atomic E-state index is -0.536. The molecule has 2 aliphatic rings. The van der Waals surface area contributed by atoms with Crippen molar-refractivity contribution >= 4 is 29.3 Å². The van der Waals surface area contributed by atoms with Crippen molar-refractivity contribution in [2.45, 2.75) is 19.8 Å². The summed E-state index contributed by atoms with van der Waals surface area (Å²) >= 11 is 0. The first kappa shape index (κ1) is 23.8. The van der Waals surface area contributed by atoms with Crippen molar-refractivity contribution in [3.63, 3.8) is 0 Å². The van der Waals surface area contributed by atoms with Gasteiger partial charge in [-0.25, -0.2) is 4.79 Å². The van der Waals surface area contributed by atoms with Crippen LogP contribution in [0.3, 0.4) is 0 Å². The fourth-order valence-electron chi connectivity index (χ4n) is 3.82. The van der Waals surface area contributed by atoms with Gasteiger partial charge in [-0.05, 0) is 38.0 Å². The van der Waals surface area contributed by atoms with Crippen LogP contribution in [0.4, 0.5) is 16.2 Å². The highest BCUT2D eigenvalue weighted by Gasteiger charge is 2.21. The molecule has 0 saturated carbocycles. The molecule has 1 aromatic carbocycles. The van der Waals surface area contributed by atoms with Crippen molar-refractivity contribution in [2.24, 2.45) is 0 Å². The first-order valence-electron chi connectivity index (χ1n) is 11.2. The third-order valence-corrected chi connectivity index (χ3v) is 5.46. The molecule has 2 heterocycles. The Labute approximate surface area is 188 Å². The zero-order chi connectivity index (χ0) is 22.8. The quantitative estimate of drug-likeness (QED) is 0.485. The Hall–Kier alpha value is -2.85. The molecule has 0 aliphatic carbocycles. The highest BCUT2D eigenvalue weighted by molar-refractivity contribution is 6.02. The SMILES string of the molecule is CCOC(=O)CNC(=O)Nc1ccc(N2CCCC2)c(C(=O)NCCN2CCOCC2)c1. The molecular weight excluding hydrogens is 414 g/mol. The van der Waals surface area contributed by atoms with Gasteiger partial charge < -0.3 is 30.3 Å². The number of nitrogens with zero attached hydrogens (tertiary/aromatic N) is 2. The molecule has 0 radical (unpaired) electrons. The van der Waals surface area contributed by atoms with Crippen LogP contribution in [-0.2, 0) is 14.3 Å². The highest BCUT2D eigenvalue weighted by atomic mass is 16.5. The summed E-state index contributed by atoms with van der Waals surface area (Å²) in [6.45, 7) is 8.03. The van der Waals surface area contributed by atoms with E-state index in [4.69, 9.17) is 9.47 Å². The van der Waals surface area contributed by atoms with Gasteiger partial charge in [-0.1, -0.05) is 0 Å². The third kappa shape index (κ3) is 7.10. The lowest BCUT2D eigenvalue weighted by Crippen LogP contribution is -2.41. The van der Waals surface area contributed by atoms with Crippen LogP contribution in [0.25, 0.3) is 0 Å². The Morgan fingerprint density at radius 1 is 1.06 bits per heavy atom. The molecule has 10 nitrogen and oxygen atoms in total. The molecule has 0 aromatic heterocycles. The minimum Gasteiger partial charge on any atom is -0.465 e. The smallest absolute Gasteiger partial charge is 0.325 e. The predicted molar refractivity (Wildman–Crippen MR) is 121 cm³/mol. The van der Waals surface area contributed by atoms with E-state index >= 15 is 0 Å². The van der Waals surface area contributed by atoms with Gasteiger partial charge in [0.25, 0.3) is 5.91 Å². The monoisotopic (exact) mass is 447 g/mol. The normalized spacial score (nSPS) is 16.5. The lowest BCUT2D eigenvalue weighted by atomic mass is 10.1. The van der Waals surface area contributed by atoms with Crippen LogP contribution < -0.4 is 20.9 Å². The molecule has 0 atom stereocenters. The molecule has 2 fully saturated rings. The van der Waals surface area contributed by atoms with Gasteiger partial charge >= 0.3 is 12.0 Å². The van der Waals surface area contributed by atoms with E-state index in [1.165, 1.54) is 0 Å². The summed E-state index contributed by atoms with van der Waals surface area (Å²) in [6, 6.07) is 4.78. The number of nitrogens with one attached hydrogen (secondary N) is 3. The topological polar surface area (TPSA) is 112 Å². The fourth-order valence-corrected chi connectivity index (χ4v) is 3.82. The summed E-state index contributed by atoms with van der Waals surface area (Å²) in [7, 11) is 0. The molecule has 176 valence electrons. The Morgan fingerprint density at radius 3 is 2.53 bits per heavy atom. The summed E-state index contributed by atoms with van der Waals surface area (Å²) in [4.78, 5) is 41.0. The fraction of sp³-hybridized carbons (Fsp3) is 0.591. The van der Waals surface area contributed by atoms with Crippen molar-refractivity contribution in [3.8, 4) is 0 Å². The van der Waals surface area contributed by atoms with Crippen LogP contribution in [0.2, 0.25) is 0 Å². The molecule has 10 heteroatoms. The Bertz CT molecular complexity index is 791. The lowest BCUT2D eigenvalue weighted by Gasteiger charge is -2.26. The molecule has 3 N–H and O–H groups in total. The van der Waals surface area contributed by atoms with Crippen LogP contribution in [0.1, 0.15) is 30.1 Å². The predicted octanol–water partition coefficient (Wildman–Crippen LogP) is 1.03. The van der Waals surface area contributed by atoms with Gasteiger partial charge in [0.2, 0.25) is 0 Å². The molecule has 0 bridgehead atoms. The number of carbonyl (C=O) groups excluding carboxylic acids is 3. The maximum absolute atomic E-state index is 13.0. The van der Waals surface area contributed by atoms with Crippen LogP contribution in [0.15, 0.2) is 18.2 Å². The maximum atomic E-state index is 13.0. The molecule has 2 aliphatic heterocycles. The van der Waals surface area contributed by atoms with Crippen LogP contribution in [0.5, 0.6) is 0 Å². The molecule has 1 aromatic rings. The van der Waals surface area contributed by atoms with E-state index in [-0.39, 0.29) is 19.1 Å². The number of anilines is 2. The van der Waals surface area contributed by atoms with Crippen molar-refractivity contribution in [2.75, 3.05) is 75.9 Å². The number of rotatable bonds is 9. The molecule has 3 amide bonds. The first-order chi connectivity index (χ1) is 15.6. The zero-order valence-corrected chi connectivity index (χ0v) is 18.7. The van der Waals surface area contributed by atoms with E-state index in [0.29, 0.717) is 17.8 Å². The third-order valence-electron chi connectivity index (χ3n) is 5.46. The second kappa shape index (κ2) is 12.3. The van der Waals surface area contributed by atoms with Gasteiger partial charge in [-0.3, -0.25) is 14.5 Å². The van der Waals surface area contributed by atoms with Gasteiger partial charge in [0, 0.05) is 50.6 Å². The first-order valence-corrected chi connectivity index (χ1v) is 11.2. The van der Waals surface area contributed by atoms with Crippen molar-refractivity contribution in [1.82, 2.24) is 15.5 Å². The summed E-state index contributed by atoms with van der Waals surface area (Å²) in [5.41, 5.74) is 1.87. The van der Waals surface area contributed by atoms with E-state index in [9.17, 15) is 14.4 Å². The van der Waals surface area contributed by atoms with Crippen molar-refractivity contribution in [3.05, 3.63) is 23.8 Å². The van der Waals surface area contributed by atoms with Crippen LogP contribution >= 0.6 is 0 Å². The average Bonchev–Trinajstić information content (AvgIpc) is 3.33. The Balaban J connectivity index is 1.62. The van der Waals surface area contributed by atoms with E-state index < -0.39 is 12.0 Å². The van der Waals surface area contributed by atoms with Gasteiger partial charge in [0.15, 0.2) is 0 Å². The van der Waals surface area contributed by atoms with E-state index in [1.807, 2.05) is 6.07 Å². The van der Waals surface area contributed by atoms with Gasteiger partial charge in [-0.15, -0.1) is 0 Å². The average molecular weight is 448 g/mol. The molecule has 32 heavy (non-hydrogen) atoms. The van der Waals surface area contributed by atoms with Crippen LogP contribution in [-0.4, -0.2) is 88.4 Å². The second-order valence-corrected chi connectivity index (χ2v) is 7.75. The van der Waals surface area contributed by atoms with E-state index in [0.717, 1.165) is 64.5 Å². The van der Waals surface area contributed by atoms with Crippen LogP contribution in [0, 0.1) is 0 Å². The summed E-state index contributed by atoms with van der Waals surface area (Å²) in [5.74, 6) is -0.678. The molecular formula is C22H33N5O5. The summed E-state index contributed by atoms with van der Waals surface area (Å²) < 4.78 is 10.2. The summed E-state index contributed by atoms with van der Waals surface area (Å²) in [6.07, 6.45) is 2.18. The van der Waals surface area contributed by atoms with Gasteiger partial charge in [-0.2, -0.15) is 0 Å². The van der Waals surface area contributed by atoms with Gasteiger partial charge in [0.05, 0.1) is 25.4 Å². The molecule has 2 saturated heterocycles. The zero-order valence-electron chi connectivity index (χ0n) is 18.7. The number of amides is 3. The van der Waals surface area contributed by atoms with E-state index in [1.54, 1.807) is 19.1 Å². The molecule has 3 rings (SSSR count). The largest absolute Gasteiger partial charge is 0.465 e. The number of esters is 1. The maximum Gasteiger partial charge on any atom is 0.325 e. The number of ether oxygens (including phenoxy) is 2. The number of morpholine rings is 1. The number of hydrogen-bond donors (Lipinski definition) is 3. The highest BCUT2D eigenvalue weighted by Crippen LogP contribution is 2.27. The van der Waals surface area contributed by atoms with Crippen molar-refractivity contribution in [1.29, 1.82) is 0 Å². The number of urea groups is 1. The minimum absolute atomic E-state index is 0.171. The van der Waals surface area contributed by atoms with Gasteiger partial charge in [0.1, 0.15) is 6.54 Å². The summed E-state index contributed by atoms with van der Waals surface area (Å²) in [5, 5.41) is 8.14. The molecule has 0 unspecified atom stereocenters.